The van der Waals surface area contributed by atoms with Gasteiger partial charge in [-0.3, -0.25) is 0 Å². The Hall–Kier alpha value is -7.36. The van der Waals surface area contributed by atoms with Crippen LogP contribution in [0.25, 0.3) is 88.0 Å². The van der Waals surface area contributed by atoms with Gasteiger partial charge in [0.15, 0.2) is 0 Å². The van der Waals surface area contributed by atoms with Gasteiger partial charge in [-0.1, -0.05) is 146 Å². The first-order chi connectivity index (χ1) is 27.2. The highest BCUT2D eigenvalue weighted by Gasteiger charge is 2.21. The van der Waals surface area contributed by atoms with Crippen molar-refractivity contribution in [3.05, 3.63) is 200 Å². The first-order valence-electron chi connectivity index (χ1n) is 18.7. The number of hydrogen-bond donors (Lipinski definition) is 0. The van der Waals surface area contributed by atoms with Crippen molar-refractivity contribution in [2.45, 2.75) is 0 Å². The van der Waals surface area contributed by atoms with Crippen molar-refractivity contribution in [2.75, 3.05) is 4.90 Å². The lowest BCUT2D eigenvalue weighted by molar-refractivity contribution is 0.669. The Morgan fingerprint density at radius 2 is 0.891 bits per heavy atom. The van der Waals surface area contributed by atoms with Crippen LogP contribution in [0, 0.1) is 0 Å². The zero-order valence-electron chi connectivity index (χ0n) is 29.8. The van der Waals surface area contributed by atoms with E-state index < -0.39 is 0 Å². The molecule has 2 heterocycles. The number of fused-ring (bicyclic) bond motifs is 7. The highest BCUT2D eigenvalue weighted by molar-refractivity contribution is 6.11. The molecule has 0 radical (unpaired) electrons. The van der Waals surface area contributed by atoms with Gasteiger partial charge in [-0.15, -0.1) is 0 Å². The van der Waals surface area contributed by atoms with Gasteiger partial charge in [-0.05, 0) is 81.6 Å². The molecule has 0 aliphatic carbocycles. The average Bonchev–Trinajstić information content (AvgIpc) is 3.82. The summed E-state index contributed by atoms with van der Waals surface area (Å²) in [5.74, 6) is 0. The molecule has 0 N–H and O–H groups in total. The maximum atomic E-state index is 6.58. The molecule has 0 atom stereocenters. The third-order valence-electron chi connectivity index (χ3n) is 10.9. The number of rotatable bonds is 6. The fraction of sp³-hybridized carbons (Fsp3) is 0. The number of hydrogen-bond acceptors (Lipinski definition) is 3. The van der Waals surface area contributed by atoms with Crippen LogP contribution in [0.15, 0.2) is 209 Å². The summed E-state index contributed by atoms with van der Waals surface area (Å²) in [6, 6.07) is 71.0. The van der Waals surface area contributed by atoms with E-state index in [1.54, 1.807) is 0 Å². The van der Waals surface area contributed by atoms with E-state index in [2.05, 4.69) is 181 Å². The summed E-state index contributed by atoms with van der Waals surface area (Å²) in [7, 11) is 0. The molecule has 0 saturated heterocycles. The van der Waals surface area contributed by atoms with E-state index in [9.17, 15) is 0 Å². The fourth-order valence-corrected chi connectivity index (χ4v) is 8.19. The van der Waals surface area contributed by atoms with E-state index in [1.807, 2.05) is 24.3 Å². The lowest BCUT2D eigenvalue weighted by Crippen LogP contribution is -2.11. The summed E-state index contributed by atoms with van der Waals surface area (Å²) in [6.45, 7) is 0. The number of benzene rings is 9. The van der Waals surface area contributed by atoms with E-state index in [4.69, 9.17) is 8.83 Å². The summed E-state index contributed by atoms with van der Waals surface area (Å²) in [6.07, 6.45) is 0. The smallest absolute Gasteiger partial charge is 0.143 e. The predicted octanol–water partition coefficient (Wildman–Crippen LogP) is 15.1. The number of furan rings is 2. The molecule has 0 fully saturated rings. The molecule has 0 aliphatic rings. The highest BCUT2D eigenvalue weighted by atomic mass is 16.3. The largest absolute Gasteiger partial charge is 0.456 e. The summed E-state index contributed by atoms with van der Waals surface area (Å²) in [4.78, 5) is 2.34. The van der Waals surface area contributed by atoms with E-state index in [0.29, 0.717) is 0 Å². The number of nitrogens with zero attached hydrogens (tertiary/aromatic N) is 1. The monoisotopic (exact) mass is 703 g/mol. The zero-order chi connectivity index (χ0) is 36.3. The molecule has 0 amide bonds. The van der Waals surface area contributed by atoms with Crippen LogP contribution in [-0.2, 0) is 0 Å². The molecule has 3 nitrogen and oxygen atoms in total. The highest BCUT2D eigenvalue weighted by Crippen LogP contribution is 2.46. The van der Waals surface area contributed by atoms with Crippen LogP contribution in [0.2, 0.25) is 0 Å². The van der Waals surface area contributed by atoms with Crippen LogP contribution in [0.3, 0.4) is 0 Å². The van der Waals surface area contributed by atoms with Crippen molar-refractivity contribution >= 4 is 71.7 Å². The molecule has 0 saturated carbocycles. The van der Waals surface area contributed by atoms with Gasteiger partial charge in [0.05, 0.1) is 5.69 Å². The molecule has 55 heavy (non-hydrogen) atoms. The Morgan fingerprint density at radius 3 is 1.73 bits per heavy atom. The lowest BCUT2D eigenvalue weighted by Gasteiger charge is -2.28. The third kappa shape index (κ3) is 5.28. The van der Waals surface area contributed by atoms with Gasteiger partial charge in [0.25, 0.3) is 0 Å². The second-order valence-electron chi connectivity index (χ2n) is 14.1. The predicted molar refractivity (Wildman–Crippen MR) is 229 cm³/mol. The van der Waals surface area contributed by atoms with Gasteiger partial charge in [0.1, 0.15) is 22.3 Å². The first kappa shape index (κ1) is 31.2. The minimum Gasteiger partial charge on any atom is -0.456 e. The standard InChI is InChI=1S/C52H33NO2/c1-2-12-37-31-39(28-27-34(37)11-1)36-25-23-35(24-26-36)38-13-9-14-40(32-38)53(41-29-30-45-43-16-4-7-21-49(43)54-51(45)33-41)48-20-6-3-15-42(48)46-18-10-19-47-44-17-5-8-22-50(44)55-52(46)47/h1-33H. The summed E-state index contributed by atoms with van der Waals surface area (Å²) >= 11 is 0. The molecule has 11 aromatic rings. The van der Waals surface area contributed by atoms with Gasteiger partial charge in [-0.2, -0.15) is 0 Å². The van der Waals surface area contributed by atoms with Crippen LogP contribution < -0.4 is 4.90 Å². The minimum atomic E-state index is 0.848. The van der Waals surface area contributed by atoms with Crippen molar-refractivity contribution in [2.24, 2.45) is 0 Å². The Morgan fingerprint density at radius 1 is 0.309 bits per heavy atom. The molecular formula is C52H33NO2. The fourth-order valence-electron chi connectivity index (χ4n) is 8.19. The van der Waals surface area contributed by atoms with Crippen molar-refractivity contribution in [1.29, 1.82) is 0 Å². The van der Waals surface area contributed by atoms with Crippen molar-refractivity contribution in [3.8, 4) is 33.4 Å². The normalized spacial score (nSPS) is 11.6. The molecule has 0 spiro atoms. The Balaban J connectivity index is 1.06. The molecule has 3 heteroatoms. The molecular weight excluding hydrogens is 671 g/mol. The first-order valence-corrected chi connectivity index (χ1v) is 18.7. The molecule has 2 aromatic heterocycles. The van der Waals surface area contributed by atoms with Crippen LogP contribution in [0.5, 0.6) is 0 Å². The summed E-state index contributed by atoms with van der Waals surface area (Å²) in [5, 5.41) is 6.92. The third-order valence-corrected chi connectivity index (χ3v) is 10.9. The zero-order valence-corrected chi connectivity index (χ0v) is 29.8. The molecule has 0 aliphatic heterocycles. The van der Waals surface area contributed by atoms with Gasteiger partial charge in [-0.25, -0.2) is 0 Å². The lowest BCUT2D eigenvalue weighted by atomic mass is 9.97. The maximum Gasteiger partial charge on any atom is 0.143 e. The van der Waals surface area contributed by atoms with Crippen LogP contribution >= 0.6 is 0 Å². The quantitative estimate of drug-likeness (QED) is 0.173. The van der Waals surface area contributed by atoms with Gasteiger partial charge < -0.3 is 13.7 Å². The number of para-hydroxylation sites is 4. The molecule has 258 valence electrons. The van der Waals surface area contributed by atoms with Crippen molar-refractivity contribution in [3.63, 3.8) is 0 Å². The molecule has 0 bridgehead atoms. The molecule has 9 aromatic carbocycles. The SMILES string of the molecule is c1cc(-c2ccc(-c3ccc4ccccc4c3)cc2)cc(N(c2ccc3c(c2)oc2ccccc23)c2ccccc2-c2cccc3c2oc2ccccc23)c1. The van der Waals surface area contributed by atoms with E-state index in [-0.39, 0.29) is 0 Å². The van der Waals surface area contributed by atoms with E-state index in [0.717, 1.165) is 83.2 Å². The Kier molecular flexibility index (Phi) is 7.17. The number of anilines is 3. The summed E-state index contributed by atoms with van der Waals surface area (Å²) < 4.78 is 13.0. The van der Waals surface area contributed by atoms with E-state index in [1.165, 1.54) is 21.9 Å². The topological polar surface area (TPSA) is 29.5 Å². The second-order valence-corrected chi connectivity index (χ2v) is 14.1. The Labute approximate surface area is 317 Å². The molecule has 0 unspecified atom stereocenters. The van der Waals surface area contributed by atoms with Crippen LogP contribution in [0.4, 0.5) is 17.1 Å². The van der Waals surface area contributed by atoms with Crippen LogP contribution in [0.1, 0.15) is 0 Å². The average molecular weight is 704 g/mol. The van der Waals surface area contributed by atoms with E-state index >= 15 is 0 Å². The Bertz CT molecular complexity index is 3220. The van der Waals surface area contributed by atoms with Gasteiger partial charge >= 0.3 is 0 Å². The maximum absolute atomic E-state index is 6.58. The van der Waals surface area contributed by atoms with Gasteiger partial charge in [0, 0.05) is 50.1 Å². The van der Waals surface area contributed by atoms with Crippen molar-refractivity contribution in [1.82, 2.24) is 0 Å². The van der Waals surface area contributed by atoms with Crippen molar-refractivity contribution < 1.29 is 8.83 Å². The van der Waals surface area contributed by atoms with Gasteiger partial charge in [0.2, 0.25) is 0 Å². The summed E-state index contributed by atoms with van der Waals surface area (Å²) in [5.41, 5.74) is 13.4. The van der Waals surface area contributed by atoms with Crippen LogP contribution in [-0.4, -0.2) is 0 Å². The minimum absolute atomic E-state index is 0.848. The second kappa shape index (κ2) is 12.6. The molecule has 11 rings (SSSR count).